The zero-order valence-electron chi connectivity index (χ0n) is 15.8. The van der Waals surface area contributed by atoms with Gasteiger partial charge in [0.2, 0.25) is 0 Å². The minimum Gasteiger partial charge on any atom is -0.379 e. The number of nitrogens with two attached hydrogens (primary N) is 2. The Balaban J connectivity index is -0.000000134. The van der Waals surface area contributed by atoms with Crippen molar-refractivity contribution in [2.75, 3.05) is 81.0 Å². The highest BCUT2D eigenvalue weighted by Crippen LogP contribution is 1.58. The summed E-state index contributed by atoms with van der Waals surface area (Å²) in [5.41, 5.74) is 0. The van der Waals surface area contributed by atoms with Crippen molar-refractivity contribution in [3.05, 3.63) is 30.6 Å². The molecule has 14 nitrogen and oxygen atoms in total. The standard InChI is InChI=1S/2C6H15NO2.2NO3/c2*1-8-5-3-7-4-6-9-2;2*2-1(3)4/h2*7H,3-6H2,1-2H3;;/q;;2*-1/p+2. The molecule has 160 valence electrons. The predicted octanol–water partition coefficient (Wildman–Crippen LogP) is -2.79. The molecule has 0 amide bonds. The second-order valence-electron chi connectivity index (χ2n) is 4.15. The quantitative estimate of drug-likeness (QED) is 0.198. The largest absolute Gasteiger partial charge is 0.379 e. The van der Waals surface area contributed by atoms with Crippen LogP contribution < -0.4 is 10.6 Å². The number of quaternary nitrogens is 2. The van der Waals surface area contributed by atoms with Crippen molar-refractivity contribution < 1.29 is 39.8 Å². The monoisotopic (exact) mass is 392 g/mol. The molecule has 0 aliphatic rings. The van der Waals surface area contributed by atoms with Gasteiger partial charge in [-0.25, -0.2) is 0 Å². The maximum Gasteiger partial charge on any atom is 0.0993 e. The summed E-state index contributed by atoms with van der Waals surface area (Å²) >= 11 is 0. The first-order valence-electron chi connectivity index (χ1n) is 7.52. The van der Waals surface area contributed by atoms with Gasteiger partial charge in [-0.15, -0.1) is 0 Å². The molecule has 26 heavy (non-hydrogen) atoms. The van der Waals surface area contributed by atoms with Crippen molar-refractivity contribution >= 4 is 0 Å². The summed E-state index contributed by atoms with van der Waals surface area (Å²) in [7, 11) is 6.85. The first-order valence-corrected chi connectivity index (χ1v) is 7.52. The molecule has 0 rings (SSSR count). The van der Waals surface area contributed by atoms with Gasteiger partial charge in [0.1, 0.15) is 0 Å². The molecule has 0 aromatic rings. The van der Waals surface area contributed by atoms with Crippen LogP contribution in [0.15, 0.2) is 0 Å². The third-order valence-corrected chi connectivity index (χ3v) is 2.10. The van der Waals surface area contributed by atoms with Gasteiger partial charge < -0.3 is 60.2 Å². The van der Waals surface area contributed by atoms with Gasteiger partial charge in [0.15, 0.2) is 0 Å². The predicted molar refractivity (Wildman–Crippen MR) is 91.5 cm³/mol. The molecule has 0 atom stereocenters. The fourth-order valence-corrected chi connectivity index (χ4v) is 1.09. The van der Waals surface area contributed by atoms with Crippen LogP contribution in [-0.2, 0) is 18.9 Å². The Morgan fingerprint density at radius 1 is 0.577 bits per heavy atom. The molecule has 0 aromatic heterocycles. The SMILES string of the molecule is COCC[NH2+]CCOC.COCC[NH2+]CCOC.O=[N+]([O-])[O-].O=[N+]([O-])[O-]. The van der Waals surface area contributed by atoms with E-state index in [4.69, 9.17) is 49.6 Å². The van der Waals surface area contributed by atoms with E-state index in [0.717, 1.165) is 52.6 Å². The third kappa shape index (κ3) is 96.1. The van der Waals surface area contributed by atoms with Crippen molar-refractivity contribution in [2.24, 2.45) is 0 Å². The zero-order chi connectivity index (χ0) is 21.1. The van der Waals surface area contributed by atoms with Crippen LogP contribution in [0.5, 0.6) is 0 Å². The van der Waals surface area contributed by atoms with E-state index in [0.29, 0.717) is 0 Å². The van der Waals surface area contributed by atoms with Crippen molar-refractivity contribution in [3.63, 3.8) is 0 Å². The van der Waals surface area contributed by atoms with Crippen molar-refractivity contribution in [1.29, 1.82) is 0 Å². The topological polar surface area (TPSA) is 203 Å². The maximum atomic E-state index is 8.25. The molecule has 0 unspecified atom stereocenters. The Labute approximate surface area is 152 Å². The average Bonchev–Trinajstić information content (AvgIpc) is 2.54. The molecule has 0 saturated heterocycles. The first-order chi connectivity index (χ1) is 12.3. The lowest BCUT2D eigenvalue weighted by molar-refractivity contribution is -0.657. The Kier molecular flexibility index (Phi) is 42.3. The number of rotatable bonds is 12. The smallest absolute Gasteiger partial charge is 0.0993 e. The van der Waals surface area contributed by atoms with Crippen LogP contribution in [0.3, 0.4) is 0 Å². The highest BCUT2D eigenvalue weighted by atomic mass is 16.9. The molecule has 0 aromatic carbocycles. The summed E-state index contributed by atoms with van der Waals surface area (Å²) in [6.45, 7) is 7.40. The lowest BCUT2D eigenvalue weighted by Crippen LogP contribution is -2.86. The van der Waals surface area contributed by atoms with Crippen molar-refractivity contribution in [3.8, 4) is 0 Å². The van der Waals surface area contributed by atoms with Gasteiger partial charge in [0.25, 0.3) is 0 Å². The summed E-state index contributed by atoms with van der Waals surface area (Å²) in [6.07, 6.45) is 0. The summed E-state index contributed by atoms with van der Waals surface area (Å²) in [6, 6.07) is 0. The lowest BCUT2D eigenvalue weighted by atomic mass is 10.6. The third-order valence-electron chi connectivity index (χ3n) is 2.10. The minimum absolute atomic E-state index is 0.823. The molecule has 0 fully saturated rings. The molecule has 0 spiro atoms. The van der Waals surface area contributed by atoms with Crippen LogP contribution in [-0.4, -0.2) is 91.2 Å². The second-order valence-corrected chi connectivity index (χ2v) is 4.15. The molecule has 14 heteroatoms. The van der Waals surface area contributed by atoms with Gasteiger partial charge in [-0.1, -0.05) is 0 Å². The van der Waals surface area contributed by atoms with E-state index in [-0.39, 0.29) is 0 Å². The zero-order valence-corrected chi connectivity index (χ0v) is 15.8. The molecule has 0 heterocycles. The molecule has 0 saturated carbocycles. The van der Waals surface area contributed by atoms with E-state index in [1.807, 2.05) is 0 Å². The normalized spacial score (nSPS) is 8.77. The summed E-state index contributed by atoms with van der Waals surface area (Å²) < 4.78 is 19.4. The highest BCUT2D eigenvalue weighted by molar-refractivity contribution is 4.21. The van der Waals surface area contributed by atoms with Crippen LogP contribution in [0.25, 0.3) is 0 Å². The minimum atomic E-state index is -1.75. The summed E-state index contributed by atoms with van der Waals surface area (Å²) in [5, 5.41) is 33.8. The molecule has 0 bridgehead atoms. The van der Waals surface area contributed by atoms with Crippen LogP contribution in [0.1, 0.15) is 0 Å². The molecular formula is C12H32N4O10. The summed E-state index contributed by atoms with van der Waals surface area (Å²) in [5.74, 6) is 0. The number of methoxy groups -OCH3 is 4. The van der Waals surface area contributed by atoms with Crippen LogP contribution in [0.4, 0.5) is 0 Å². The van der Waals surface area contributed by atoms with Gasteiger partial charge in [0, 0.05) is 28.4 Å². The lowest BCUT2D eigenvalue weighted by Gasteiger charge is -1.98. The Morgan fingerprint density at radius 2 is 0.731 bits per heavy atom. The molecule has 0 radical (unpaired) electrons. The highest BCUT2D eigenvalue weighted by Gasteiger charge is 1.87. The maximum absolute atomic E-state index is 8.25. The Morgan fingerprint density at radius 3 is 0.846 bits per heavy atom. The molecule has 0 aliphatic carbocycles. The van der Waals surface area contributed by atoms with E-state index in [1.54, 1.807) is 28.4 Å². The van der Waals surface area contributed by atoms with Gasteiger partial charge in [-0.05, 0) is 0 Å². The Hall–Kier alpha value is -1.84. The molecule has 4 N–H and O–H groups in total. The van der Waals surface area contributed by atoms with Gasteiger partial charge in [-0.3, -0.25) is 0 Å². The summed E-state index contributed by atoms with van der Waals surface area (Å²) in [4.78, 5) is 16.5. The van der Waals surface area contributed by atoms with Gasteiger partial charge in [-0.2, -0.15) is 0 Å². The molecule has 0 aliphatic heterocycles. The van der Waals surface area contributed by atoms with E-state index in [1.165, 1.54) is 0 Å². The van der Waals surface area contributed by atoms with Crippen LogP contribution in [0.2, 0.25) is 0 Å². The average molecular weight is 392 g/mol. The van der Waals surface area contributed by atoms with Crippen molar-refractivity contribution in [2.45, 2.75) is 0 Å². The van der Waals surface area contributed by atoms with Gasteiger partial charge in [0.05, 0.1) is 62.8 Å². The fourth-order valence-electron chi connectivity index (χ4n) is 1.09. The number of nitrogens with zero attached hydrogens (tertiary/aromatic N) is 2. The van der Waals surface area contributed by atoms with Crippen molar-refractivity contribution in [1.82, 2.24) is 0 Å². The fraction of sp³-hybridized carbons (Fsp3) is 1.00. The van der Waals surface area contributed by atoms with E-state index >= 15 is 0 Å². The number of hydrogen-bond acceptors (Lipinski definition) is 10. The first kappa shape index (κ1) is 31.9. The molecular weight excluding hydrogens is 360 g/mol. The second kappa shape index (κ2) is 34.5. The van der Waals surface area contributed by atoms with Crippen LogP contribution >= 0.6 is 0 Å². The number of ether oxygens (including phenoxy) is 4. The van der Waals surface area contributed by atoms with E-state index in [2.05, 4.69) is 10.6 Å². The van der Waals surface area contributed by atoms with E-state index < -0.39 is 10.2 Å². The van der Waals surface area contributed by atoms with Gasteiger partial charge >= 0.3 is 0 Å². The Bertz CT molecular complexity index is 228. The van der Waals surface area contributed by atoms with E-state index in [9.17, 15) is 0 Å². The van der Waals surface area contributed by atoms with Crippen LogP contribution in [0, 0.1) is 30.6 Å². The number of hydrogen-bond donors (Lipinski definition) is 2.